The summed E-state index contributed by atoms with van der Waals surface area (Å²) in [6.45, 7) is 3.24. The highest BCUT2D eigenvalue weighted by Crippen LogP contribution is 2.27. The third-order valence-corrected chi connectivity index (χ3v) is 5.72. The predicted octanol–water partition coefficient (Wildman–Crippen LogP) is 2.26. The maximum Gasteiger partial charge on any atom is 0.270 e. The van der Waals surface area contributed by atoms with Crippen LogP contribution >= 0.6 is 0 Å². The van der Waals surface area contributed by atoms with E-state index in [1.807, 2.05) is 53.4 Å². The molecule has 2 heterocycles. The smallest absolute Gasteiger partial charge is 0.270 e. The summed E-state index contributed by atoms with van der Waals surface area (Å²) in [6, 6.07) is 15.3. The summed E-state index contributed by atoms with van der Waals surface area (Å²) in [6.07, 6.45) is 0. The Morgan fingerprint density at radius 3 is 2.44 bits per heavy atom. The van der Waals surface area contributed by atoms with Crippen LogP contribution in [0.3, 0.4) is 0 Å². The van der Waals surface area contributed by atoms with E-state index in [2.05, 4.69) is 15.2 Å². The number of aromatic amines is 1. The number of amides is 2. The van der Waals surface area contributed by atoms with Crippen LogP contribution in [-0.4, -0.2) is 73.5 Å². The fourth-order valence-electron chi connectivity index (χ4n) is 3.92. The van der Waals surface area contributed by atoms with Crippen molar-refractivity contribution in [1.29, 1.82) is 0 Å². The van der Waals surface area contributed by atoms with Crippen molar-refractivity contribution in [2.24, 2.45) is 0 Å². The Morgan fingerprint density at radius 2 is 1.72 bits per heavy atom. The molecule has 0 saturated carbocycles. The fraction of sp³-hybridized carbons (Fsp3) is 0.333. The molecule has 2 N–H and O–H groups in total. The number of para-hydroxylation sites is 1. The van der Waals surface area contributed by atoms with Gasteiger partial charge in [0.05, 0.1) is 20.8 Å². The van der Waals surface area contributed by atoms with Gasteiger partial charge >= 0.3 is 0 Å². The summed E-state index contributed by atoms with van der Waals surface area (Å²) in [5, 5.41) is 3.98. The Morgan fingerprint density at radius 1 is 0.969 bits per heavy atom. The summed E-state index contributed by atoms with van der Waals surface area (Å²) < 4.78 is 10.5. The molecule has 1 fully saturated rings. The summed E-state index contributed by atoms with van der Waals surface area (Å²) in [7, 11) is 3.18. The number of nitrogens with one attached hydrogen (secondary N) is 2. The standard InChI is InChI=1S/C24H28N4O4/c1-31-21-8-7-17(13-22(21)32-2)15-25-23(29)16-27-9-11-28(12-10-27)24(30)20-14-18-5-3-4-6-19(18)26-20/h3-8,13-14,26H,9-12,15-16H2,1-2H3,(H,25,29). The summed E-state index contributed by atoms with van der Waals surface area (Å²) in [5.41, 5.74) is 2.50. The van der Waals surface area contributed by atoms with Crippen molar-refractivity contribution in [2.75, 3.05) is 46.9 Å². The molecule has 0 bridgehead atoms. The Bertz CT molecular complexity index is 1070. The van der Waals surface area contributed by atoms with E-state index in [0.717, 1.165) is 16.5 Å². The molecule has 8 heteroatoms. The van der Waals surface area contributed by atoms with Crippen LogP contribution in [0, 0.1) is 0 Å². The molecule has 0 aliphatic carbocycles. The van der Waals surface area contributed by atoms with Crippen LogP contribution in [0.25, 0.3) is 10.9 Å². The zero-order chi connectivity index (χ0) is 22.5. The van der Waals surface area contributed by atoms with Gasteiger partial charge in [0.25, 0.3) is 5.91 Å². The van der Waals surface area contributed by atoms with Gasteiger partial charge in [-0.1, -0.05) is 24.3 Å². The number of carbonyl (C=O) groups excluding carboxylic acids is 2. The molecule has 0 radical (unpaired) electrons. The number of methoxy groups -OCH3 is 2. The number of aromatic nitrogens is 1. The first-order valence-corrected chi connectivity index (χ1v) is 10.6. The van der Waals surface area contributed by atoms with Crippen molar-refractivity contribution in [3.05, 3.63) is 59.8 Å². The van der Waals surface area contributed by atoms with Gasteiger partial charge in [-0.25, -0.2) is 0 Å². The maximum absolute atomic E-state index is 12.8. The molecule has 168 valence electrons. The monoisotopic (exact) mass is 436 g/mol. The number of hydrogen-bond donors (Lipinski definition) is 2. The first-order chi connectivity index (χ1) is 15.6. The Labute approximate surface area is 187 Å². The Balaban J connectivity index is 1.24. The average Bonchev–Trinajstić information content (AvgIpc) is 3.27. The molecule has 8 nitrogen and oxygen atoms in total. The third kappa shape index (κ3) is 4.86. The van der Waals surface area contributed by atoms with E-state index in [4.69, 9.17) is 9.47 Å². The van der Waals surface area contributed by atoms with Gasteiger partial charge in [0, 0.05) is 43.6 Å². The second kappa shape index (κ2) is 9.74. The first-order valence-electron chi connectivity index (χ1n) is 10.6. The number of fused-ring (bicyclic) bond motifs is 1. The number of H-pyrrole nitrogens is 1. The molecule has 2 aromatic carbocycles. The fourth-order valence-corrected chi connectivity index (χ4v) is 3.92. The maximum atomic E-state index is 12.8. The van der Waals surface area contributed by atoms with Crippen LogP contribution in [0.4, 0.5) is 0 Å². The molecule has 2 amide bonds. The third-order valence-electron chi connectivity index (χ3n) is 5.72. The summed E-state index contributed by atoms with van der Waals surface area (Å²) in [5.74, 6) is 1.24. The first kappa shape index (κ1) is 21.7. The minimum Gasteiger partial charge on any atom is -0.493 e. The van der Waals surface area contributed by atoms with Crippen molar-refractivity contribution in [3.8, 4) is 11.5 Å². The highest BCUT2D eigenvalue weighted by atomic mass is 16.5. The average molecular weight is 437 g/mol. The number of hydrogen-bond acceptors (Lipinski definition) is 5. The number of carbonyl (C=O) groups is 2. The molecule has 1 aliphatic rings. The second-order valence-electron chi connectivity index (χ2n) is 7.80. The lowest BCUT2D eigenvalue weighted by atomic mass is 10.2. The lowest BCUT2D eigenvalue weighted by Gasteiger charge is -2.34. The van der Waals surface area contributed by atoms with Gasteiger partial charge in [-0.3, -0.25) is 14.5 Å². The van der Waals surface area contributed by atoms with Crippen LogP contribution < -0.4 is 14.8 Å². The molecule has 0 unspecified atom stereocenters. The van der Waals surface area contributed by atoms with Gasteiger partial charge in [-0.15, -0.1) is 0 Å². The van der Waals surface area contributed by atoms with Crippen LogP contribution in [0.5, 0.6) is 11.5 Å². The predicted molar refractivity (Wildman–Crippen MR) is 122 cm³/mol. The zero-order valence-corrected chi connectivity index (χ0v) is 18.4. The number of rotatable bonds is 7. The molecule has 0 atom stereocenters. The van der Waals surface area contributed by atoms with Crippen LogP contribution in [0.2, 0.25) is 0 Å². The van der Waals surface area contributed by atoms with Gasteiger partial charge < -0.3 is 24.7 Å². The molecular weight excluding hydrogens is 408 g/mol. The lowest BCUT2D eigenvalue weighted by molar-refractivity contribution is -0.122. The number of ether oxygens (including phenoxy) is 2. The number of benzene rings is 2. The molecule has 32 heavy (non-hydrogen) atoms. The van der Waals surface area contributed by atoms with E-state index in [1.54, 1.807) is 14.2 Å². The van der Waals surface area contributed by atoms with Crippen molar-refractivity contribution >= 4 is 22.7 Å². The van der Waals surface area contributed by atoms with Crippen molar-refractivity contribution in [3.63, 3.8) is 0 Å². The Kier molecular flexibility index (Phi) is 6.61. The van der Waals surface area contributed by atoms with Gasteiger partial charge in [0.2, 0.25) is 5.91 Å². The molecule has 3 aromatic rings. The zero-order valence-electron chi connectivity index (χ0n) is 18.4. The number of piperazine rings is 1. The lowest BCUT2D eigenvalue weighted by Crippen LogP contribution is -2.51. The van der Waals surface area contributed by atoms with E-state index in [-0.39, 0.29) is 11.8 Å². The molecule has 0 spiro atoms. The SMILES string of the molecule is COc1ccc(CNC(=O)CN2CCN(C(=O)c3cc4ccccc4[nH]3)CC2)cc1OC. The Hall–Kier alpha value is -3.52. The quantitative estimate of drug-likeness (QED) is 0.593. The second-order valence-corrected chi connectivity index (χ2v) is 7.80. The molecular formula is C24H28N4O4. The molecule has 4 rings (SSSR count). The van der Waals surface area contributed by atoms with Crippen LogP contribution in [-0.2, 0) is 11.3 Å². The van der Waals surface area contributed by atoms with Crippen molar-refractivity contribution < 1.29 is 19.1 Å². The highest BCUT2D eigenvalue weighted by Gasteiger charge is 2.24. The van der Waals surface area contributed by atoms with Gasteiger partial charge in [-0.2, -0.15) is 0 Å². The van der Waals surface area contributed by atoms with Gasteiger partial charge in [0.1, 0.15) is 5.69 Å². The van der Waals surface area contributed by atoms with E-state index in [0.29, 0.717) is 56.5 Å². The highest BCUT2D eigenvalue weighted by molar-refractivity contribution is 5.98. The van der Waals surface area contributed by atoms with Crippen LogP contribution in [0.1, 0.15) is 16.1 Å². The topological polar surface area (TPSA) is 86.9 Å². The van der Waals surface area contributed by atoms with Gasteiger partial charge in [0.15, 0.2) is 11.5 Å². The van der Waals surface area contributed by atoms with Gasteiger partial charge in [-0.05, 0) is 29.8 Å². The van der Waals surface area contributed by atoms with Crippen LogP contribution in [0.15, 0.2) is 48.5 Å². The minimum atomic E-state index is -0.0461. The van der Waals surface area contributed by atoms with E-state index >= 15 is 0 Å². The molecule has 1 aliphatic heterocycles. The number of nitrogens with zero attached hydrogens (tertiary/aromatic N) is 2. The summed E-state index contributed by atoms with van der Waals surface area (Å²) in [4.78, 5) is 32.3. The summed E-state index contributed by atoms with van der Waals surface area (Å²) >= 11 is 0. The van der Waals surface area contributed by atoms with E-state index in [9.17, 15) is 9.59 Å². The molecule has 1 saturated heterocycles. The molecule has 1 aromatic heterocycles. The van der Waals surface area contributed by atoms with Crippen molar-refractivity contribution in [1.82, 2.24) is 20.1 Å². The largest absolute Gasteiger partial charge is 0.493 e. The minimum absolute atomic E-state index is 0.00115. The van der Waals surface area contributed by atoms with Crippen molar-refractivity contribution in [2.45, 2.75) is 6.54 Å². The van der Waals surface area contributed by atoms with E-state index < -0.39 is 0 Å². The normalized spacial score (nSPS) is 14.4. The van der Waals surface area contributed by atoms with E-state index in [1.165, 1.54) is 0 Å².